The molecule has 7 nitrogen and oxygen atoms in total. The Kier molecular flexibility index (Phi) is 7.65. The van der Waals surface area contributed by atoms with Crippen molar-refractivity contribution in [2.24, 2.45) is 9.98 Å². The Balaban J connectivity index is 2.27. The van der Waals surface area contributed by atoms with Gasteiger partial charge in [0.15, 0.2) is 5.78 Å². The predicted octanol–water partition coefficient (Wildman–Crippen LogP) is 0.903. The number of hydrogen-bond donors (Lipinski definition) is 3. The summed E-state index contributed by atoms with van der Waals surface area (Å²) in [7, 11) is 0. The molecule has 7 heteroatoms. The molecule has 0 saturated carbocycles. The van der Waals surface area contributed by atoms with Crippen molar-refractivity contribution in [1.82, 2.24) is 0 Å². The molecule has 0 aliphatic heterocycles. The number of aliphatic hydroxyl groups is 3. The number of benzene rings is 1. The number of allylic oxidation sites excluding steroid dienone is 2. The average Bonchev–Trinajstić information content (AvgIpc) is 2.64. The van der Waals surface area contributed by atoms with Gasteiger partial charge >= 0.3 is 0 Å². The molecule has 1 aromatic carbocycles. The molecule has 0 spiro atoms. The molecule has 0 amide bonds. The molecular formula is C19H25N3O4. The van der Waals surface area contributed by atoms with E-state index in [0.29, 0.717) is 35.8 Å². The van der Waals surface area contributed by atoms with Gasteiger partial charge in [-0.25, -0.2) is 4.99 Å². The average molecular weight is 359 g/mol. The lowest BCUT2D eigenvalue weighted by molar-refractivity contribution is -0.114. The lowest BCUT2D eigenvalue weighted by Crippen LogP contribution is -2.29. The molecule has 2 rings (SSSR count). The summed E-state index contributed by atoms with van der Waals surface area (Å²) in [6.45, 7) is 2.82. The van der Waals surface area contributed by atoms with E-state index in [-0.39, 0.29) is 38.6 Å². The third kappa shape index (κ3) is 5.32. The SMILES string of the molecule is CC1=CC(=Nc2ccc(N(CCO)CCO)cc2)C(=NCCO)CC1=O. The number of anilines is 1. The number of Topliss-reactive ketones (excluding diaryl/α,β-unsaturated/α-hetero) is 1. The Morgan fingerprint density at radius 3 is 2.27 bits per heavy atom. The van der Waals surface area contributed by atoms with Crippen molar-refractivity contribution >= 4 is 28.6 Å². The molecule has 1 aromatic rings. The van der Waals surface area contributed by atoms with E-state index in [2.05, 4.69) is 9.98 Å². The molecule has 0 unspecified atom stereocenters. The fourth-order valence-electron chi connectivity index (χ4n) is 2.66. The van der Waals surface area contributed by atoms with Crippen molar-refractivity contribution in [2.45, 2.75) is 13.3 Å². The van der Waals surface area contributed by atoms with Gasteiger partial charge in [-0.1, -0.05) is 0 Å². The van der Waals surface area contributed by atoms with Gasteiger partial charge in [0, 0.05) is 18.8 Å². The van der Waals surface area contributed by atoms with Crippen LogP contribution in [0.1, 0.15) is 13.3 Å². The number of ketones is 1. The summed E-state index contributed by atoms with van der Waals surface area (Å²) in [5, 5.41) is 27.2. The maximum atomic E-state index is 11.9. The lowest BCUT2D eigenvalue weighted by Gasteiger charge is -2.22. The van der Waals surface area contributed by atoms with Gasteiger partial charge in [0.1, 0.15) is 0 Å². The van der Waals surface area contributed by atoms with Crippen LogP contribution >= 0.6 is 0 Å². The maximum Gasteiger partial charge on any atom is 0.164 e. The van der Waals surface area contributed by atoms with Crippen LogP contribution in [0.4, 0.5) is 11.4 Å². The largest absolute Gasteiger partial charge is 0.395 e. The number of carbonyl (C=O) groups excluding carboxylic acids is 1. The number of nitrogens with zero attached hydrogens (tertiary/aromatic N) is 3. The third-order valence-electron chi connectivity index (χ3n) is 4.02. The van der Waals surface area contributed by atoms with E-state index in [1.807, 2.05) is 29.2 Å². The monoisotopic (exact) mass is 359 g/mol. The number of carbonyl (C=O) groups is 1. The number of rotatable bonds is 8. The molecule has 0 radical (unpaired) electrons. The van der Waals surface area contributed by atoms with Crippen LogP contribution in [0.3, 0.4) is 0 Å². The number of aliphatic imine (C=N–C) groups is 2. The molecule has 1 aliphatic rings. The van der Waals surface area contributed by atoms with Crippen LogP contribution in [0.2, 0.25) is 0 Å². The first-order valence-corrected chi connectivity index (χ1v) is 8.60. The van der Waals surface area contributed by atoms with Crippen molar-refractivity contribution < 1.29 is 20.1 Å². The van der Waals surface area contributed by atoms with Crippen LogP contribution < -0.4 is 4.90 Å². The van der Waals surface area contributed by atoms with Crippen LogP contribution in [0.25, 0.3) is 0 Å². The molecular weight excluding hydrogens is 334 g/mol. The van der Waals surface area contributed by atoms with Crippen molar-refractivity contribution in [3.8, 4) is 0 Å². The molecule has 0 fully saturated rings. The Morgan fingerprint density at radius 1 is 1.04 bits per heavy atom. The highest BCUT2D eigenvalue weighted by atomic mass is 16.3. The summed E-state index contributed by atoms with van der Waals surface area (Å²) < 4.78 is 0. The van der Waals surface area contributed by atoms with Crippen molar-refractivity contribution in [3.05, 3.63) is 35.9 Å². The van der Waals surface area contributed by atoms with Crippen LogP contribution in [0.5, 0.6) is 0 Å². The summed E-state index contributed by atoms with van der Waals surface area (Å²) in [6.07, 6.45) is 1.92. The normalized spacial score (nSPS) is 17.7. The molecule has 0 saturated heterocycles. The highest BCUT2D eigenvalue weighted by molar-refractivity contribution is 6.52. The van der Waals surface area contributed by atoms with Gasteiger partial charge in [-0.15, -0.1) is 0 Å². The van der Waals surface area contributed by atoms with E-state index in [1.54, 1.807) is 13.0 Å². The highest BCUT2D eigenvalue weighted by Gasteiger charge is 2.20. The summed E-state index contributed by atoms with van der Waals surface area (Å²) in [6, 6.07) is 7.43. The molecule has 26 heavy (non-hydrogen) atoms. The Hall–Kier alpha value is -2.35. The molecule has 0 heterocycles. The lowest BCUT2D eigenvalue weighted by atomic mass is 9.95. The second-order valence-electron chi connectivity index (χ2n) is 5.93. The van der Waals surface area contributed by atoms with E-state index in [9.17, 15) is 4.79 Å². The smallest absolute Gasteiger partial charge is 0.164 e. The second-order valence-corrected chi connectivity index (χ2v) is 5.93. The minimum atomic E-state index is -0.0755. The van der Waals surface area contributed by atoms with Crippen LogP contribution in [-0.2, 0) is 4.79 Å². The van der Waals surface area contributed by atoms with Crippen LogP contribution in [-0.4, -0.2) is 72.0 Å². The minimum absolute atomic E-state index is 0.00678. The number of aliphatic hydroxyl groups excluding tert-OH is 3. The molecule has 0 bridgehead atoms. The first-order valence-electron chi connectivity index (χ1n) is 8.60. The first kappa shape index (κ1) is 20.0. The standard InChI is InChI=1S/C19H25N3O4/c1-14-12-18(17(13-19(14)26)20-6-9-23)21-15-2-4-16(5-3-15)22(7-10-24)8-11-25/h2-5,12,23-25H,6-11,13H2,1H3. The van der Waals surface area contributed by atoms with Gasteiger partial charge in [-0.2, -0.15) is 0 Å². The zero-order valence-corrected chi connectivity index (χ0v) is 14.9. The van der Waals surface area contributed by atoms with Gasteiger partial charge in [0.2, 0.25) is 0 Å². The van der Waals surface area contributed by atoms with Crippen LogP contribution in [0, 0.1) is 0 Å². The Labute approximate surface area is 153 Å². The zero-order valence-electron chi connectivity index (χ0n) is 14.9. The summed E-state index contributed by atoms with van der Waals surface area (Å²) in [5.41, 5.74) is 3.45. The molecule has 3 N–H and O–H groups in total. The topological polar surface area (TPSA) is 106 Å². The van der Waals surface area contributed by atoms with Gasteiger partial charge < -0.3 is 20.2 Å². The van der Waals surface area contributed by atoms with Gasteiger partial charge in [-0.3, -0.25) is 9.79 Å². The quantitative estimate of drug-likeness (QED) is 0.640. The molecule has 0 aromatic heterocycles. The van der Waals surface area contributed by atoms with E-state index in [4.69, 9.17) is 15.3 Å². The minimum Gasteiger partial charge on any atom is -0.395 e. The zero-order chi connectivity index (χ0) is 18.9. The van der Waals surface area contributed by atoms with Gasteiger partial charge in [0.05, 0.1) is 49.9 Å². The van der Waals surface area contributed by atoms with Crippen LogP contribution in [0.15, 0.2) is 45.9 Å². The van der Waals surface area contributed by atoms with E-state index in [1.165, 1.54) is 0 Å². The van der Waals surface area contributed by atoms with Crippen molar-refractivity contribution in [1.29, 1.82) is 0 Å². The second kappa shape index (κ2) is 9.96. The van der Waals surface area contributed by atoms with E-state index in [0.717, 1.165) is 5.69 Å². The Bertz CT molecular complexity index is 702. The summed E-state index contributed by atoms with van der Waals surface area (Å²) in [5.74, 6) is 0.0136. The maximum absolute atomic E-state index is 11.9. The molecule has 0 atom stereocenters. The highest BCUT2D eigenvalue weighted by Crippen LogP contribution is 2.21. The van der Waals surface area contributed by atoms with Crippen molar-refractivity contribution in [2.75, 3.05) is 44.4 Å². The fraction of sp³-hybridized carbons (Fsp3) is 0.421. The van der Waals surface area contributed by atoms with Gasteiger partial charge in [0.25, 0.3) is 0 Å². The summed E-state index contributed by atoms with van der Waals surface area (Å²) in [4.78, 5) is 22.6. The van der Waals surface area contributed by atoms with Gasteiger partial charge in [-0.05, 0) is 42.8 Å². The number of hydrogen-bond acceptors (Lipinski definition) is 7. The fourth-order valence-corrected chi connectivity index (χ4v) is 2.66. The predicted molar refractivity (Wildman–Crippen MR) is 103 cm³/mol. The van der Waals surface area contributed by atoms with Crippen molar-refractivity contribution in [3.63, 3.8) is 0 Å². The van der Waals surface area contributed by atoms with E-state index >= 15 is 0 Å². The Morgan fingerprint density at radius 2 is 1.69 bits per heavy atom. The molecule has 1 aliphatic carbocycles. The third-order valence-corrected chi connectivity index (χ3v) is 4.02. The molecule has 140 valence electrons. The van der Waals surface area contributed by atoms with E-state index < -0.39 is 0 Å². The first-order chi connectivity index (χ1) is 12.6. The summed E-state index contributed by atoms with van der Waals surface area (Å²) >= 11 is 0.